The van der Waals surface area contributed by atoms with E-state index >= 15 is 0 Å². The van der Waals surface area contributed by atoms with Crippen LogP contribution in [0.4, 0.5) is 5.95 Å². The van der Waals surface area contributed by atoms with Crippen LogP contribution >= 0.6 is 0 Å². The average Bonchev–Trinajstić information content (AvgIpc) is 2.57. The first-order valence-electron chi connectivity index (χ1n) is 7.99. The third-order valence-corrected chi connectivity index (χ3v) is 3.20. The number of carbonyl (C=O) groups excluding carboxylic acids is 2. The van der Waals surface area contributed by atoms with Gasteiger partial charge in [-0.1, -0.05) is 0 Å². The molecule has 0 aliphatic rings. The van der Waals surface area contributed by atoms with Crippen LogP contribution in [0.2, 0.25) is 0 Å². The van der Waals surface area contributed by atoms with Gasteiger partial charge in [-0.15, -0.1) is 0 Å². The van der Waals surface area contributed by atoms with E-state index in [1.165, 1.54) is 26.4 Å². The van der Waals surface area contributed by atoms with E-state index in [0.29, 0.717) is 0 Å². The molecule has 0 aromatic carbocycles. The minimum Gasteiger partial charge on any atom is -0.458 e. The van der Waals surface area contributed by atoms with Gasteiger partial charge >= 0.3 is 11.9 Å². The number of nitrogens with one attached hydrogen (secondary N) is 1. The van der Waals surface area contributed by atoms with Crippen molar-refractivity contribution in [1.82, 2.24) is 24.8 Å². The molecule has 0 saturated heterocycles. The maximum atomic E-state index is 12.3. The number of rotatable bonds is 6. The summed E-state index contributed by atoms with van der Waals surface area (Å²) in [6, 6.07) is 0. The molecule has 2 aromatic heterocycles. The zero-order chi connectivity index (χ0) is 20.1. The second kappa shape index (κ2) is 8.34. The Morgan fingerprint density at radius 3 is 2.48 bits per heavy atom. The van der Waals surface area contributed by atoms with E-state index in [0.717, 1.165) is 0 Å². The minimum atomic E-state index is -1.02. The van der Waals surface area contributed by atoms with Crippen molar-refractivity contribution in [2.24, 2.45) is 4.99 Å². The summed E-state index contributed by atoms with van der Waals surface area (Å²) in [6.07, 6.45) is 0.939. The summed E-state index contributed by atoms with van der Waals surface area (Å²) in [5.74, 6) is -1.06. The normalized spacial score (nSPS) is 13.4. The monoisotopic (exact) mass is 376 g/mol. The van der Waals surface area contributed by atoms with Crippen LogP contribution in [0.1, 0.15) is 32.6 Å². The summed E-state index contributed by atoms with van der Waals surface area (Å²) in [7, 11) is 3.54. The predicted octanol–water partition coefficient (Wildman–Crippen LogP) is 0.490. The molecule has 0 aliphatic heterocycles. The van der Waals surface area contributed by atoms with Crippen LogP contribution in [0.15, 0.2) is 16.0 Å². The lowest BCUT2D eigenvalue weighted by Crippen LogP contribution is -2.26. The molecule has 0 radical (unpaired) electrons. The summed E-state index contributed by atoms with van der Waals surface area (Å²) in [6.45, 7) is 3.99. The molecule has 0 saturated carbocycles. The zero-order valence-electron chi connectivity index (χ0n) is 15.6. The second-order valence-electron chi connectivity index (χ2n) is 5.91. The van der Waals surface area contributed by atoms with Crippen LogP contribution in [0.25, 0.3) is 11.2 Å². The van der Waals surface area contributed by atoms with Crippen LogP contribution in [0.5, 0.6) is 0 Å². The number of hydrogen-bond acceptors (Lipinski definition) is 9. The number of carbonyl (C=O) groups is 2. The van der Waals surface area contributed by atoms with Crippen molar-refractivity contribution >= 4 is 35.4 Å². The van der Waals surface area contributed by atoms with E-state index in [2.05, 4.69) is 24.9 Å². The lowest BCUT2D eigenvalue weighted by atomic mass is 10.1. The molecule has 0 aliphatic carbocycles. The quantitative estimate of drug-likeness (QED) is 0.433. The number of aromatic amines is 1. The van der Waals surface area contributed by atoms with Gasteiger partial charge in [0, 0.05) is 27.9 Å². The number of hydrogen-bond donors (Lipinski definition) is 1. The molecule has 27 heavy (non-hydrogen) atoms. The Kier molecular flexibility index (Phi) is 6.16. The van der Waals surface area contributed by atoms with Gasteiger partial charge in [0.2, 0.25) is 5.95 Å². The molecule has 11 nitrogen and oxygen atoms in total. The van der Waals surface area contributed by atoms with Crippen LogP contribution in [0.3, 0.4) is 0 Å². The fraction of sp³-hybridized carbons (Fsp3) is 0.438. The number of H-pyrrole nitrogens is 1. The molecule has 0 amide bonds. The molecule has 0 unspecified atom stereocenters. The first kappa shape index (κ1) is 19.9. The van der Waals surface area contributed by atoms with Crippen molar-refractivity contribution in [2.45, 2.75) is 33.0 Å². The van der Waals surface area contributed by atoms with Gasteiger partial charge in [0.25, 0.3) is 5.56 Å². The highest BCUT2D eigenvalue weighted by Crippen LogP contribution is 2.23. The molecule has 2 atom stereocenters. The molecule has 2 heterocycles. The standard InChI is InChI=1S/C16H20N6O5/c1-8(26-9(2)23)13(27-10(3)24)11-6-17-14-12(19-11)15(25)21-16(20-14)18-7-22(4)5/h6-8,13H,1-5H3,(H,17,20,21,25)/b18-7+/t8-,13-/m0/s1. The lowest BCUT2D eigenvalue weighted by Gasteiger charge is -2.22. The third kappa shape index (κ3) is 5.30. The zero-order valence-corrected chi connectivity index (χ0v) is 15.6. The number of nitrogens with zero attached hydrogens (tertiary/aromatic N) is 5. The van der Waals surface area contributed by atoms with Crippen molar-refractivity contribution < 1.29 is 19.1 Å². The smallest absolute Gasteiger partial charge is 0.303 e. The minimum absolute atomic E-state index is 0.0523. The van der Waals surface area contributed by atoms with Gasteiger partial charge < -0.3 is 14.4 Å². The Balaban J connectivity index is 2.47. The number of esters is 2. The van der Waals surface area contributed by atoms with Crippen molar-refractivity contribution in [2.75, 3.05) is 14.1 Å². The van der Waals surface area contributed by atoms with E-state index in [1.54, 1.807) is 25.9 Å². The van der Waals surface area contributed by atoms with Gasteiger partial charge in [-0.05, 0) is 6.92 Å². The van der Waals surface area contributed by atoms with Crippen LogP contribution in [-0.2, 0) is 19.1 Å². The highest BCUT2D eigenvalue weighted by molar-refractivity contribution is 5.70. The molecular formula is C16H20N6O5. The van der Waals surface area contributed by atoms with Crippen molar-refractivity contribution in [3.8, 4) is 0 Å². The van der Waals surface area contributed by atoms with Gasteiger partial charge in [-0.25, -0.2) is 15.0 Å². The number of fused-ring (bicyclic) bond motifs is 1. The summed E-state index contributed by atoms with van der Waals surface area (Å²) in [5.41, 5.74) is -0.371. The van der Waals surface area contributed by atoms with Crippen molar-refractivity contribution in [1.29, 1.82) is 0 Å². The highest BCUT2D eigenvalue weighted by atomic mass is 16.6. The van der Waals surface area contributed by atoms with Crippen LogP contribution in [-0.4, -0.2) is 63.3 Å². The molecule has 144 valence electrons. The fourth-order valence-corrected chi connectivity index (χ4v) is 2.19. The lowest BCUT2D eigenvalue weighted by molar-refractivity contribution is -0.164. The maximum Gasteiger partial charge on any atom is 0.303 e. The van der Waals surface area contributed by atoms with Gasteiger partial charge in [0.05, 0.1) is 12.5 Å². The fourth-order valence-electron chi connectivity index (χ4n) is 2.19. The molecule has 0 bridgehead atoms. The Hall–Kier alpha value is -3.37. The summed E-state index contributed by atoms with van der Waals surface area (Å²) in [4.78, 5) is 55.5. The molecule has 0 spiro atoms. The topological polar surface area (TPSA) is 140 Å². The van der Waals surface area contributed by atoms with Crippen molar-refractivity contribution in [3.05, 3.63) is 22.2 Å². The highest BCUT2D eigenvalue weighted by Gasteiger charge is 2.27. The molecule has 2 rings (SSSR count). The van der Waals surface area contributed by atoms with Gasteiger partial charge in [0.1, 0.15) is 11.8 Å². The Bertz CT molecular complexity index is 939. The predicted molar refractivity (Wildman–Crippen MR) is 95.5 cm³/mol. The summed E-state index contributed by atoms with van der Waals surface area (Å²) in [5, 5.41) is 0. The Labute approximate surface area is 154 Å². The van der Waals surface area contributed by atoms with E-state index in [1.807, 2.05) is 0 Å². The number of ether oxygens (including phenoxy) is 2. The average molecular weight is 376 g/mol. The number of aromatic nitrogens is 4. The number of aliphatic imine (C=N–C) groups is 1. The summed E-state index contributed by atoms with van der Waals surface area (Å²) < 4.78 is 10.3. The SMILES string of the molecule is CC(=O)O[C@@H](C)[C@H](OC(C)=O)c1cnc2nc(/N=C/N(C)C)[nH]c(=O)c2n1. The second-order valence-corrected chi connectivity index (χ2v) is 5.91. The van der Waals surface area contributed by atoms with Crippen molar-refractivity contribution in [3.63, 3.8) is 0 Å². The molecular weight excluding hydrogens is 356 g/mol. The first-order chi connectivity index (χ1) is 12.7. The van der Waals surface area contributed by atoms with E-state index in [9.17, 15) is 14.4 Å². The van der Waals surface area contributed by atoms with Gasteiger partial charge in [-0.2, -0.15) is 4.98 Å². The van der Waals surface area contributed by atoms with E-state index in [-0.39, 0.29) is 22.8 Å². The van der Waals surface area contributed by atoms with Crippen LogP contribution < -0.4 is 5.56 Å². The van der Waals surface area contributed by atoms with E-state index < -0.39 is 29.7 Å². The van der Waals surface area contributed by atoms with Gasteiger partial charge in [-0.3, -0.25) is 19.4 Å². The largest absolute Gasteiger partial charge is 0.458 e. The molecule has 11 heteroatoms. The van der Waals surface area contributed by atoms with Crippen LogP contribution in [0, 0.1) is 0 Å². The Morgan fingerprint density at radius 2 is 1.89 bits per heavy atom. The maximum absolute atomic E-state index is 12.3. The first-order valence-corrected chi connectivity index (χ1v) is 7.99. The molecule has 0 fully saturated rings. The Morgan fingerprint density at radius 1 is 1.22 bits per heavy atom. The molecule has 2 aromatic rings. The van der Waals surface area contributed by atoms with E-state index in [4.69, 9.17) is 9.47 Å². The third-order valence-electron chi connectivity index (χ3n) is 3.20. The summed E-state index contributed by atoms with van der Waals surface area (Å²) >= 11 is 0. The van der Waals surface area contributed by atoms with Gasteiger partial charge in [0.15, 0.2) is 17.3 Å². The molecule has 1 N–H and O–H groups in total.